The van der Waals surface area contributed by atoms with Crippen molar-refractivity contribution in [3.63, 3.8) is 0 Å². The van der Waals surface area contributed by atoms with Crippen LogP contribution in [0.25, 0.3) is 0 Å². The summed E-state index contributed by atoms with van der Waals surface area (Å²) >= 11 is 0. The van der Waals surface area contributed by atoms with Gasteiger partial charge in [-0.05, 0) is 12.1 Å². The molecule has 0 aliphatic carbocycles. The monoisotopic (exact) mass is 248 g/mol. The van der Waals surface area contributed by atoms with E-state index in [1.54, 1.807) is 30.4 Å². The standard InChI is InChI=1S/C14H16O4/c1-4-9-17-12-8-6-7-11(14(15)16-3)13(12)18-10-5-2/h4-8H,1-2,9-10H2,3H3. The first-order chi connectivity index (χ1) is 8.74. The van der Waals surface area contributed by atoms with Gasteiger partial charge >= 0.3 is 5.97 Å². The zero-order valence-electron chi connectivity index (χ0n) is 10.3. The van der Waals surface area contributed by atoms with Gasteiger partial charge in [0, 0.05) is 0 Å². The van der Waals surface area contributed by atoms with E-state index in [2.05, 4.69) is 13.2 Å². The lowest BCUT2D eigenvalue weighted by molar-refractivity contribution is 0.0595. The van der Waals surface area contributed by atoms with Crippen LogP contribution in [0.2, 0.25) is 0 Å². The molecule has 1 rings (SSSR count). The largest absolute Gasteiger partial charge is 0.486 e. The van der Waals surface area contributed by atoms with Crippen molar-refractivity contribution < 1.29 is 19.0 Å². The van der Waals surface area contributed by atoms with E-state index >= 15 is 0 Å². The van der Waals surface area contributed by atoms with Gasteiger partial charge in [-0.25, -0.2) is 4.79 Å². The smallest absolute Gasteiger partial charge is 0.341 e. The lowest BCUT2D eigenvalue weighted by Gasteiger charge is -2.13. The molecule has 0 aliphatic heterocycles. The molecule has 1 aromatic carbocycles. The van der Waals surface area contributed by atoms with Gasteiger partial charge in [-0.15, -0.1) is 0 Å². The fourth-order valence-electron chi connectivity index (χ4n) is 1.34. The van der Waals surface area contributed by atoms with E-state index in [9.17, 15) is 4.79 Å². The van der Waals surface area contributed by atoms with Gasteiger partial charge in [-0.3, -0.25) is 0 Å². The first-order valence-corrected chi connectivity index (χ1v) is 5.43. The van der Waals surface area contributed by atoms with Gasteiger partial charge in [0.1, 0.15) is 18.8 Å². The Morgan fingerprint density at radius 1 is 1.22 bits per heavy atom. The van der Waals surface area contributed by atoms with Crippen molar-refractivity contribution in [2.24, 2.45) is 0 Å². The zero-order valence-corrected chi connectivity index (χ0v) is 10.3. The number of benzene rings is 1. The molecule has 0 aliphatic rings. The van der Waals surface area contributed by atoms with E-state index in [1.165, 1.54) is 7.11 Å². The van der Waals surface area contributed by atoms with Crippen molar-refractivity contribution in [3.8, 4) is 11.5 Å². The maximum absolute atomic E-state index is 11.6. The number of esters is 1. The summed E-state index contributed by atoms with van der Waals surface area (Å²) in [5.41, 5.74) is 0.320. The molecule has 0 saturated heterocycles. The van der Waals surface area contributed by atoms with E-state index in [0.29, 0.717) is 23.7 Å². The Bertz CT molecular complexity index is 437. The number of carbonyl (C=O) groups is 1. The van der Waals surface area contributed by atoms with Gasteiger partial charge < -0.3 is 14.2 Å². The highest BCUT2D eigenvalue weighted by atomic mass is 16.5. The molecule has 0 amide bonds. The minimum absolute atomic E-state index is 0.276. The third kappa shape index (κ3) is 3.38. The lowest BCUT2D eigenvalue weighted by atomic mass is 10.2. The second-order valence-corrected chi connectivity index (χ2v) is 3.32. The van der Waals surface area contributed by atoms with Gasteiger partial charge in [0.15, 0.2) is 11.5 Å². The van der Waals surface area contributed by atoms with Crippen LogP contribution < -0.4 is 9.47 Å². The SMILES string of the molecule is C=CCOc1cccc(C(=O)OC)c1OCC=C. The van der Waals surface area contributed by atoms with E-state index < -0.39 is 5.97 Å². The molecule has 4 nitrogen and oxygen atoms in total. The number of carbonyl (C=O) groups excluding carboxylic acids is 1. The molecule has 0 heterocycles. The molecule has 0 bridgehead atoms. The molecule has 0 radical (unpaired) electrons. The number of ether oxygens (including phenoxy) is 3. The molecule has 18 heavy (non-hydrogen) atoms. The highest BCUT2D eigenvalue weighted by Gasteiger charge is 2.17. The highest BCUT2D eigenvalue weighted by molar-refractivity contribution is 5.93. The Balaban J connectivity index is 3.11. The number of hydrogen-bond donors (Lipinski definition) is 0. The lowest BCUT2D eigenvalue weighted by Crippen LogP contribution is -2.08. The van der Waals surface area contributed by atoms with Crippen molar-refractivity contribution >= 4 is 5.97 Å². The summed E-state index contributed by atoms with van der Waals surface area (Å²) in [5, 5.41) is 0. The van der Waals surface area contributed by atoms with Crippen molar-refractivity contribution in [2.75, 3.05) is 20.3 Å². The first kappa shape index (κ1) is 13.8. The summed E-state index contributed by atoms with van der Waals surface area (Å²) in [5.74, 6) is 0.351. The average molecular weight is 248 g/mol. The van der Waals surface area contributed by atoms with Crippen molar-refractivity contribution in [1.82, 2.24) is 0 Å². The van der Waals surface area contributed by atoms with Crippen molar-refractivity contribution in [3.05, 3.63) is 49.1 Å². The normalized spacial score (nSPS) is 9.39. The third-order valence-electron chi connectivity index (χ3n) is 2.09. The number of para-hydroxylation sites is 1. The molecule has 0 fully saturated rings. The fraction of sp³-hybridized carbons (Fsp3) is 0.214. The van der Waals surface area contributed by atoms with E-state index in [-0.39, 0.29) is 6.61 Å². The van der Waals surface area contributed by atoms with E-state index in [0.717, 1.165) is 0 Å². The molecule has 0 atom stereocenters. The molecular weight excluding hydrogens is 232 g/mol. The predicted molar refractivity (Wildman–Crippen MR) is 69.2 cm³/mol. The predicted octanol–water partition coefficient (Wildman–Crippen LogP) is 2.60. The van der Waals surface area contributed by atoms with Crippen LogP contribution in [0.15, 0.2) is 43.5 Å². The van der Waals surface area contributed by atoms with Crippen LogP contribution in [0.1, 0.15) is 10.4 Å². The van der Waals surface area contributed by atoms with Gasteiger partial charge in [-0.2, -0.15) is 0 Å². The van der Waals surface area contributed by atoms with Crippen molar-refractivity contribution in [2.45, 2.75) is 0 Å². The zero-order chi connectivity index (χ0) is 13.4. The molecule has 4 heteroatoms. The maximum atomic E-state index is 11.6. The van der Waals surface area contributed by atoms with Gasteiger partial charge in [0.05, 0.1) is 7.11 Å². The summed E-state index contributed by atoms with van der Waals surface area (Å²) < 4.78 is 15.6. The first-order valence-electron chi connectivity index (χ1n) is 5.43. The van der Waals surface area contributed by atoms with Gasteiger partial charge in [-0.1, -0.05) is 31.4 Å². The summed E-state index contributed by atoms with van der Waals surface area (Å²) in [6.45, 7) is 7.74. The minimum atomic E-state index is -0.474. The third-order valence-corrected chi connectivity index (χ3v) is 2.09. The summed E-state index contributed by atoms with van der Waals surface area (Å²) in [7, 11) is 1.32. The molecule has 96 valence electrons. The number of rotatable bonds is 7. The molecule has 0 saturated carbocycles. The number of methoxy groups -OCH3 is 1. The molecular formula is C14H16O4. The second-order valence-electron chi connectivity index (χ2n) is 3.32. The second kappa shape index (κ2) is 7.17. The Hall–Kier alpha value is -2.23. The Labute approximate surface area is 106 Å². The van der Waals surface area contributed by atoms with E-state index in [1.807, 2.05) is 0 Å². The highest BCUT2D eigenvalue weighted by Crippen LogP contribution is 2.31. The van der Waals surface area contributed by atoms with Crippen LogP contribution >= 0.6 is 0 Å². The molecule has 0 unspecified atom stereocenters. The summed E-state index contributed by atoms with van der Waals surface area (Å²) in [6.07, 6.45) is 3.20. The quantitative estimate of drug-likeness (QED) is 0.549. The Morgan fingerprint density at radius 2 is 1.89 bits per heavy atom. The number of hydrogen-bond acceptors (Lipinski definition) is 4. The molecule has 0 aromatic heterocycles. The van der Waals surface area contributed by atoms with Crippen LogP contribution in [0.4, 0.5) is 0 Å². The van der Waals surface area contributed by atoms with Crippen LogP contribution in [-0.2, 0) is 4.74 Å². The Kier molecular flexibility index (Phi) is 5.51. The summed E-state index contributed by atoms with van der Waals surface area (Å²) in [6, 6.07) is 5.03. The Morgan fingerprint density at radius 3 is 2.50 bits per heavy atom. The maximum Gasteiger partial charge on any atom is 0.341 e. The van der Waals surface area contributed by atoms with Crippen molar-refractivity contribution in [1.29, 1.82) is 0 Å². The van der Waals surface area contributed by atoms with Gasteiger partial charge in [0.2, 0.25) is 0 Å². The van der Waals surface area contributed by atoms with Crippen LogP contribution in [-0.4, -0.2) is 26.3 Å². The summed E-state index contributed by atoms with van der Waals surface area (Å²) in [4.78, 5) is 11.6. The van der Waals surface area contributed by atoms with Gasteiger partial charge in [0.25, 0.3) is 0 Å². The fourth-order valence-corrected chi connectivity index (χ4v) is 1.34. The molecule has 1 aromatic rings. The van der Waals surface area contributed by atoms with E-state index in [4.69, 9.17) is 14.2 Å². The topological polar surface area (TPSA) is 44.8 Å². The average Bonchev–Trinajstić information content (AvgIpc) is 2.42. The van der Waals surface area contributed by atoms with Crippen LogP contribution in [0.3, 0.4) is 0 Å². The molecule has 0 spiro atoms. The van der Waals surface area contributed by atoms with Crippen LogP contribution in [0, 0.1) is 0 Å². The molecule has 0 N–H and O–H groups in total. The minimum Gasteiger partial charge on any atom is -0.486 e. The van der Waals surface area contributed by atoms with Crippen LogP contribution in [0.5, 0.6) is 11.5 Å².